The number of nitrogens with one attached hydrogen (secondary N) is 2. The Balaban J connectivity index is 2.22. The van der Waals surface area contributed by atoms with Gasteiger partial charge in [0.05, 0.1) is 0 Å². The molecule has 0 unspecified atom stereocenters. The summed E-state index contributed by atoms with van der Waals surface area (Å²) in [6, 6.07) is 0. The molecule has 0 fully saturated rings. The molecule has 0 aliphatic carbocycles. The maximum atomic E-state index is 11.3. The Morgan fingerprint density at radius 1 is 1.31 bits per heavy atom. The number of carbonyl (C=O) groups is 3. The van der Waals surface area contributed by atoms with Crippen LogP contribution in [0.1, 0.15) is 12.8 Å². The van der Waals surface area contributed by atoms with E-state index in [0.717, 1.165) is 17.9 Å². The van der Waals surface area contributed by atoms with E-state index in [1.165, 1.54) is 12.2 Å². The lowest BCUT2D eigenvalue weighted by Gasteiger charge is -2.14. The van der Waals surface area contributed by atoms with Crippen LogP contribution >= 0.6 is 0 Å². The van der Waals surface area contributed by atoms with Crippen LogP contribution < -0.4 is 10.6 Å². The maximum absolute atomic E-state index is 11.3. The van der Waals surface area contributed by atoms with Crippen LogP contribution in [0.2, 0.25) is 0 Å². The summed E-state index contributed by atoms with van der Waals surface area (Å²) in [6.07, 6.45) is 3.48. The van der Waals surface area contributed by atoms with Gasteiger partial charge in [0.25, 0.3) is 11.8 Å². The van der Waals surface area contributed by atoms with Crippen LogP contribution in [0.25, 0.3) is 0 Å². The average molecular weight is 225 g/mol. The topological polar surface area (TPSA) is 78.5 Å². The molecule has 88 valence electrons. The number of carbonyl (C=O) groups excluding carboxylic acids is 3. The minimum atomic E-state index is -0.388. The van der Waals surface area contributed by atoms with Gasteiger partial charge in [-0.1, -0.05) is 0 Å². The lowest BCUT2D eigenvalue weighted by molar-refractivity contribution is -0.137. The van der Waals surface area contributed by atoms with Crippen molar-refractivity contribution in [1.82, 2.24) is 15.5 Å². The van der Waals surface area contributed by atoms with Crippen molar-refractivity contribution in [3.05, 3.63) is 12.2 Å². The summed E-state index contributed by atoms with van der Waals surface area (Å²) in [5.41, 5.74) is 0. The zero-order valence-electron chi connectivity index (χ0n) is 9.16. The molecule has 1 heterocycles. The van der Waals surface area contributed by atoms with E-state index >= 15 is 0 Å². The first-order valence-corrected chi connectivity index (χ1v) is 5.10. The van der Waals surface area contributed by atoms with Gasteiger partial charge < -0.3 is 10.6 Å². The van der Waals surface area contributed by atoms with Gasteiger partial charge in [0.1, 0.15) is 6.67 Å². The molecule has 0 bridgehead atoms. The van der Waals surface area contributed by atoms with Crippen LogP contribution in [0.5, 0.6) is 0 Å². The first-order valence-electron chi connectivity index (χ1n) is 5.10. The monoisotopic (exact) mass is 225 g/mol. The highest BCUT2D eigenvalue weighted by atomic mass is 16.2. The largest absolute Gasteiger partial charge is 0.338 e. The highest BCUT2D eigenvalue weighted by Gasteiger charge is 2.23. The van der Waals surface area contributed by atoms with Crippen LogP contribution in [0.3, 0.4) is 0 Å². The molecule has 1 rings (SSSR count). The first kappa shape index (κ1) is 12.4. The predicted molar refractivity (Wildman–Crippen MR) is 57.2 cm³/mol. The fourth-order valence-electron chi connectivity index (χ4n) is 1.27. The Labute approximate surface area is 93.7 Å². The van der Waals surface area contributed by atoms with Gasteiger partial charge in [0.15, 0.2) is 0 Å². The van der Waals surface area contributed by atoms with Crippen molar-refractivity contribution in [2.24, 2.45) is 0 Å². The summed E-state index contributed by atoms with van der Waals surface area (Å²) in [7, 11) is 1.81. The van der Waals surface area contributed by atoms with Crippen LogP contribution in [0.4, 0.5) is 0 Å². The van der Waals surface area contributed by atoms with E-state index in [1.807, 2.05) is 7.05 Å². The van der Waals surface area contributed by atoms with E-state index in [-0.39, 0.29) is 24.4 Å². The van der Waals surface area contributed by atoms with E-state index in [4.69, 9.17) is 0 Å². The van der Waals surface area contributed by atoms with Gasteiger partial charge in [-0.2, -0.15) is 0 Å². The molecule has 0 spiro atoms. The summed E-state index contributed by atoms with van der Waals surface area (Å²) in [6.45, 7) is 0.708. The minimum Gasteiger partial charge on any atom is -0.338 e. The number of amides is 3. The molecule has 2 N–H and O–H groups in total. The van der Waals surface area contributed by atoms with Crippen LogP contribution in [-0.4, -0.2) is 42.9 Å². The highest BCUT2D eigenvalue weighted by molar-refractivity contribution is 6.12. The van der Waals surface area contributed by atoms with Gasteiger partial charge >= 0.3 is 0 Å². The highest BCUT2D eigenvalue weighted by Crippen LogP contribution is 2.01. The molecule has 6 nitrogen and oxygen atoms in total. The second-order valence-corrected chi connectivity index (χ2v) is 3.40. The lowest BCUT2D eigenvalue weighted by atomic mass is 10.3. The standard InChI is InChI=1S/C10H15N3O3/c1-11-6-2-3-8(14)12-7-13-9(15)4-5-10(13)16/h4-5,11H,2-3,6-7H2,1H3,(H,12,14). The van der Waals surface area contributed by atoms with Crippen molar-refractivity contribution in [2.75, 3.05) is 20.3 Å². The van der Waals surface area contributed by atoms with Gasteiger partial charge in [0, 0.05) is 18.6 Å². The van der Waals surface area contributed by atoms with E-state index in [9.17, 15) is 14.4 Å². The Kier molecular flexibility index (Phi) is 4.65. The zero-order chi connectivity index (χ0) is 12.0. The lowest BCUT2D eigenvalue weighted by Crippen LogP contribution is -2.41. The summed E-state index contributed by atoms with van der Waals surface area (Å²) in [4.78, 5) is 34.5. The Bertz CT molecular complexity index is 307. The second kappa shape index (κ2) is 6.02. The van der Waals surface area contributed by atoms with Crippen molar-refractivity contribution in [1.29, 1.82) is 0 Å². The molecule has 0 atom stereocenters. The minimum absolute atomic E-state index is 0.0525. The summed E-state index contributed by atoms with van der Waals surface area (Å²) >= 11 is 0. The molecule has 16 heavy (non-hydrogen) atoms. The SMILES string of the molecule is CNCCCC(=O)NCN1C(=O)C=CC1=O. The quantitative estimate of drug-likeness (QED) is 0.448. The van der Waals surface area contributed by atoms with Gasteiger partial charge in [0.2, 0.25) is 5.91 Å². The second-order valence-electron chi connectivity index (χ2n) is 3.40. The molecule has 1 aliphatic heterocycles. The van der Waals surface area contributed by atoms with Crippen molar-refractivity contribution < 1.29 is 14.4 Å². The fourth-order valence-corrected chi connectivity index (χ4v) is 1.27. The Morgan fingerprint density at radius 2 is 1.94 bits per heavy atom. The molecular weight excluding hydrogens is 210 g/mol. The first-order chi connectivity index (χ1) is 7.65. The van der Waals surface area contributed by atoms with Crippen molar-refractivity contribution in [2.45, 2.75) is 12.8 Å². The molecule has 0 aromatic rings. The van der Waals surface area contributed by atoms with E-state index in [2.05, 4.69) is 10.6 Å². The Morgan fingerprint density at radius 3 is 2.50 bits per heavy atom. The predicted octanol–water partition coefficient (Wildman–Crippen LogP) is -1.02. The number of nitrogens with zero attached hydrogens (tertiary/aromatic N) is 1. The molecule has 1 aliphatic rings. The summed E-state index contributed by atoms with van der Waals surface area (Å²) in [5.74, 6) is -0.941. The number of hydrogen-bond acceptors (Lipinski definition) is 4. The van der Waals surface area contributed by atoms with Crippen LogP contribution in [0, 0.1) is 0 Å². The molecule has 6 heteroatoms. The Hall–Kier alpha value is -1.69. The maximum Gasteiger partial charge on any atom is 0.255 e. The third kappa shape index (κ3) is 3.47. The van der Waals surface area contributed by atoms with E-state index in [1.54, 1.807) is 0 Å². The number of hydrogen-bond donors (Lipinski definition) is 2. The van der Waals surface area contributed by atoms with E-state index < -0.39 is 0 Å². The molecule has 0 saturated carbocycles. The molecule has 0 radical (unpaired) electrons. The molecule has 3 amide bonds. The third-order valence-electron chi connectivity index (χ3n) is 2.17. The molecule has 0 aromatic carbocycles. The zero-order valence-corrected chi connectivity index (χ0v) is 9.16. The average Bonchev–Trinajstić information content (AvgIpc) is 2.57. The summed E-state index contributed by atoms with van der Waals surface area (Å²) in [5, 5.41) is 5.45. The summed E-state index contributed by atoms with van der Waals surface area (Å²) < 4.78 is 0. The third-order valence-corrected chi connectivity index (χ3v) is 2.17. The van der Waals surface area contributed by atoms with Gasteiger partial charge in [-0.25, -0.2) is 0 Å². The van der Waals surface area contributed by atoms with Gasteiger partial charge in [-0.05, 0) is 20.0 Å². The van der Waals surface area contributed by atoms with Gasteiger partial charge in [-0.3, -0.25) is 19.3 Å². The van der Waals surface area contributed by atoms with Crippen molar-refractivity contribution in [3.8, 4) is 0 Å². The normalized spacial score (nSPS) is 14.7. The molecule has 0 aromatic heterocycles. The number of rotatable bonds is 6. The fraction of sp³-hybridized carbons (Fsp3) is 0.500. The smallest absolute Gasteiger partial charge is 0.255 e. The van der Waals surface area contributed by atoms with Crippen LogP contribution in [0.15, 0.2) is 12.2 Å². The van der Waals surface area contributed by atoms with Crippen LogP contribution in [-0.2, 0) is 14.4 Å². The molecule has 0 saturated heterocycles. The van der Waals surface area contributed by atoms with E-state index in [0.29, 0.717) is 6.42 Å². The van der Waals surface area contributed by atoms with Crippen molar-refractivity contribution in [3.63, 3.8) is 0 Å². The van der Waals surface area contributed by atoms with Crippen molar-refractivity contribution >= 4 is 17.7 Å². The van der Waals surface area contributed by atoms with Gasteiger partial charge in [-0.15, -0.1) is 0 Å². The number of imide groups is 1. The molecular formula is C10H15N3O3.